The Labute approximate surface area is 180 Å². The van der Waals surface area contributed by atoms with E-state index >= 15 is 0 Å². The van der Waals surface area contributed by atoms with Crippen LogP contribution in [0.2, 0.25) is 0 Å². The summed E-state index contributed by atoms with van der Waals surface area (Å²) in [6, 6.07) is 7.27. The van der Waals surface area contributed by atoms with Gasteiger partial charge in [0.1, 0.15) is 18.0 Å². The van der Waals surface area contributed by atoms with Gasteiger partial charge in [-0.2, -0.15) is 0 Å². The number of carbonyl (C=O) groups excluding carboxylic acids is 2. The molecule has 1 aromatic carbocycles. The van der Waals surface area contributed by atoms with Crippen molar-refractivity contribution in [3.63, 3.8) is 0 Å². The van der Waals surface area contributed by atoms with Crippen molar-refractivity contribution in [1.29, 1.82) is 0 Å². The second kappa shape index (κ2) is 8.86. The fourth-order valence-electron chi connectivity index (χ4n) is 4.28. The van der Waals surface area contributed by atoms with Crippen molar-refractivity contribution >= 4 is 11.9 Å². The maximum Gasteiger partial charge on any atom is 0.347 e. The summed E-state index contributed by atoms with van der Waals surface area (Å²) in [6.07, 6.45) is -0.376. The van der Waals surface area contributed by atoms with E-state index in [1.807, 2.05) is 36.1 Å². The molecule has 9 nitrogen and oxygen atoms in total. The zero-order chi connectivity index (χ0) is 22.1. The summed E-state index contributed by atoms with van der Waals surface area (Å²) in [6.45, 7) is 5.58. The Kier molecular flexibility index (Phi) is 6.17. The number of carbonyl (C=O) groups is 2. The summed E-state index contributed by atoms with van der Waals surface area (Å²) < 4.78 is 33.7. The standard InChI is InChI=1S/C22H27NO8/c1-5-27-20(24)15(21(25)28-6-2)11-23-16-12(3)29-19(23)18-17(16)30-22(31-18)13-7-9-14(26-4)10-8-13/h7-12,16-19,22H,5-6H2,1-4H3/t12-,16+,17+,18+,19-,22?/m0/s1. The van der Waals surface area contributed by atoms with Gasteiger partial charge in [0.25, 0.3) is 0 Å². The highest BCUT2D eigenvalue weighted by atomic mass is 16.8. The number of methoxy groups -OCH3 is 1. The minimum absolute atomic E-state index is 0.149. The topological polar surface area (TPSA) is 92.8 Å². The largest absolute Gasteiger partial charge is 0.497 e. The van der Waals surface area contributed by atoms with E-state index in [0.29, 0.717) is 0 Å². The third kappa shape index (κ3) is 3.88. The van der Waals surface area contributed by atoms with Crippen molar-refractivity contribution in [2.75, 3.05) is 20.3 Å². The number of fused-ring (bicyclic) bond motifs is 5. The second-order valence-corrected chi connectivity index (χ2v) is 7.46. The van der Waals surface area contributed by atoms with E-state index < -0.39 is 24.5 Å². The summed E-state index contributed by atoms with van der Waals surface area (Å²) in [5, 5.41) is 0. The second-order valence-electron chi connectivity index (χ2n) is 7.46. The molecule has 3 saturated heterocycles. The molecule has 168 valence electrons. The number of ether oxygens (including phenoxy) is 6. The van der Waals surface area contributed by atoms with Crippen LogP contribution in [0.5, 0.6) is 5.75 Å². The van der Waals surface area contributed by atoms with Crippen LogP contribution in [-0.4, -0.2) is 67.7 Å². The lowest BCUT2D eigenvalue weighted by atomic mass is 10.0. The lowest BCUT2D eigenvalue weighted by Crippen LogP contribution is -2.42. The minimum atomic E-state index is -0.733. The van der Waals surface area contributed by atoms with Crippen LogP contribution in [0.25, 0.3) is 0 Å². The monoisotopic (exact) mass is 433 g/mol. The van der Waals surface area contributed by atoms with Crippen molar-refractivity contribution < 1.29 is 38.0 Å². The predicted octanol–water partition coefficient (Wildman–Crippen LogP) is 1.92. The number of rotatable bonds is 7. The fraction of sp³-hybridized carbons (Fsp3) is 0.545. The molecule has 0 spiro atoms. The Morgan fingerprint density at radius 3 is 2.19 bits per heavy atom. The smallest absolute Gasteiger partial charge is 0.347 e. The Balaban J connectivity index is 1.55. The quantitative estimate of drug-likeness (QED) is 0.277. The van der Waals surface area contributed by atoms with Crippen LogP contribution >= 0.6 is 0 Å². The van der Waals surface area contributed by atoms with Crippen LogP contribution in [0, 0.1) is 0 Å². The van der Waals surface area contributed by atoms with Gasteiger partial charge in [0, 0.05) is 11.8 Å². The van der Waals surface area contributed by atoms with E-state index in [2.05, 4.69) is 0 Å². The first-order valence-corrected chi connectivity index (χ1v) is 10.4. The first-order chi connectivity index (χ1) is 15.0. The van der Waals surface area contributed by atoms with E-state index in [4.69, 9.17) is 28.4 Å². The van der Waals surface area contributed by atoms with Gasteiger partial charge in [0.2, 0.25) is 0 Å². The highest BCUT2D eigenvalue weighted by Crippen LogP contribution is 2.48. The highest BCUT2D eigenvalue weighted by molar-refractivity contribution is 6.14. The van der Waals surface area contributed by atoms with Crippen molar-refractivity contribution in [3.05, 3.63) is 41.6 Å². The molecule has 4 rings (SSSR count). The molecule has 9 heteroatoms. The molecule has 31 heavy (non-hydrogen) atoms. The minimum Gasteiger partial charge on any atom is -0.497 e. The maximum absolute atomic E-state index is 12.4. The van der Waals surface area contributed by atoms with E-state index in [1.165, 1.54) is 6.20 Å². The van der Waals surface area contributed by atoms with Crippen molar-refractivity contribution in [3.8, 4) is 5.75 Å². The van der Waals surface area contributed by atoms with E-state index in [9.17, 15) is 9.59 Å². The van der Waals surface area contributed by atoms with Gasteiger partial charge in [-0.1, -0.05) is 12.1 Å². The van der Waals surface area contributed by atoms with Gasteiger partial charge in [-0.15, -0.1) is 0 Å². The molecule has 1 aromatic rings. The summed E-state index contributed by atoms with van der Waals surface area (Å²) in [4.78, 5) is 26.5. The number of benzene rings is 1. The molecule has 0 radical (unpaired) electrons. The summed E-state index contributed by atoms with van der Waals surface area (Å²) >= 11 is 0. The van der Waals surface area contributed by atoms with Crippen molar-refractivity contribution in [2.24, 2.45) is 0 Å². The molecule has 3 aliphatic rings. The van der Waals surface area contributed by atoms with Gasteiger partial charge in [-0.3, -0.25) is 0 Å². The summed E-state index contributed by atoms with van der Waals surface area (Å²) in [5.41, 5.74) is 0.700. The molecule has 0 N–H and O–H groups in total. The average Bonchev–Trinajstić information content (AvgIpc) is 3.40. The Morgan fingerprint density at radius 1 is 1.00 bits per heavy atom. The number of hydrogen-bond acceptors (Lipinski definition) is 9. The first-order valence-electron chi connectivity index (χ1n) is 10.4. The third-order valence-electron chi connectivity index (χ3n) is 5.63. The van der Waals surface area contributed by atoms with E-state index in [0.717, 1.165) is 11.3 Å². The van der Waals surface area contributed by atoms with Crippen LogP contribution in [-0.2, 0) is 33.3 Å². The Bertz CT molecular complexity index is 834. The van der Waals surface area contributed by atoms with Crippen LogP contribution < -0.4 is 4.74 Å². The SMILES string of the molecule is CCOC(=O)C(=CN1[C@H]2[C@H]3OC(c4ccc(OC)cc4)O[C@H]3[C@@H]1O[C@H]2C)C(=O)OCC. The number of hydrogen-bond donors (Lipinski definition) is 0. The van der Waals surface area contributed by atoms with Crippen molar-refractivity contribution in [1.82, 2.24) is 4.90 Å². The van der Waals surface area contributed by atoms with Gasteiger partial charge in [0.15, 0.2) is 18.1 Å². The average molecular weight is 433 g/mol. The molecule has 3 fully saturated rings. The van der Waals surface area contributed by atoms with Gasteiger partial charge < -0.3 is 33.3 Å². The third-order valence-corrected chi connectivity index (χ3v) is 5.63. The first kappa shape index (κ1) is 21.6. The summed E-state index contributed by atoms with van der Waals surface area (Å²) in [7, 11) is 1.61. The zero-order valence-electron chi connectivity index (χ0n) is 18.0. The van der Waals surface area contributed by atoms with Gasteiger partial charge in [-0.05, 0) is 32.9 Å². The Morgan fingerprint density at radius 2 is 1.61 bits per heavy atom. The molecule has 0 saturated carbocycles. The van der Waals surface area contributed by atoms with E-state index in [-0.39, 0.29) is 43.1 Å². The lowest BCUT2D eigenvalue weighted by molar-refractivity contribution is -0.147. The van der Waals surface area contributed by atoms with Gasteiger partial charge in [-0.25, -0.2) is 9.59 Å². The highest BCUT2D eigenvalue weighted by Gasteiger charge is 2.62. The molecule has 2 bridgehead atoms. The van der Waals surface area contributed by atoms with E-state index in [1.54, 1.807) is 21.0 Å². The zero-order valence-corrected chi connectivity index (χ0v) is 18.0. The fourth-order valence-corrected chi connectivity index (χ4v) is 4.28. The van der Waals surface area contributed by atoms with Gasteiger partial charge >= 0.3 is 11.9 Å². The molecule has 1 unspecified atom stereocenters. The molecular weight excluding hydrogens is 406 g/mol. The molecule has 0 amide bonds. The van der Waals surface area contributed by atoms with Crippen LogP contribution in [0.3, 0.4) is 0 Å². The lowest BCUT2D eigenvalue weighted by Gasteiger charge is -2.24. The van der Waals surface area contributed by atoms with Crippen LogP contribution in [0.4, 0.5) is 0 Å². The number of nitrogens with zero attached hydrogens (tertiary/aromatic N) is 1. The molecule has 0 aromatic heterocycles. The maximum atomic E-state index is 12.4. The van der Waals surface area contributed by atoms with Gasteiger partial charge in [0.05, 0.1) is 32.5 Å². The molecule has 6 atom stereocenters. The molecule has 3 heterocycles. The summed E-state index contributed by atoms with van der Waals surface area (Å²) in [5.74, 6) is -0.716. The number of esters is 2. The predicted molar refractivity (Wildman–Crippen MR) is 107 cm³/mol. The van der Waals surface area contributed by atoms with Crippen molar-refractivity contribution in [2.45, 2.75) is 57.6 Å². The van der Waals surface area contributed by atoms with Crippen LogP contribution in [0.15, 0.2) is 36.0 Å². The molecule has 3 aliphatic heterocycles. The normalized spacial score (nSPS) is 30.6. The van der Waals surface area contributed by atoms with Crippen LogP contribution in [0.1, 0.15) is 32.6 Å². The molecule has 0 aliphatic carbocycles. The Hall–Kier alpha value is -2.62. The molecular formula is C22H27NO8.